The van der Waals surface area contributed by atoms with Crippen molar-refractivity contribution in [3.8, 4) is 11.5 Å². The number of hydrogen-bond acceptors (Lipinski definition) is 4. The Bertz CT molecular complexity index is 1170. The SMILES string of the molecule is CC[C@]1(C(F)(F)F)CC[C@H](Oc2cc(C(=O)N(C)[C@@H]3[C@H]4CC[C@H](C4)[C@@H]3C(=O)NCC3(C)CCC3)c(OC)cc2C)CC1. The normalized spacial score (nSPS) is 31.8. The lowest BCUT2D eigenvalue weighted by atomic mass is 9.70. The van der Waals surface area contributed by atoms with Gasteiger partial charge in [-0.3, -0.25) is 9.59 Å². The molecule has 4 aliphatic carbocycles. The lowest BCUT2D eigenvalue weighted by Gasteiger charge is -2.41. The molecule has 0 heterocycles. The maximum atomic E-state index is 14.1. The number of nitrogens with zero attached hydrogens (tertiary/aromatic N) is 1. The molecule has 4 aliphatic rings. The van der Waals surface area contributed by atoms with E-state index in [2.05, 4.69) is 12.2 Å². The minimum atomic E-state index is -4.23. The van der Waals surface area contributed by atoms with Gasteiger partial charge in [0.05, 0.1) is 30.1 Å². The Kier molecular flexibility index (Phi) is 8.53. The molecule has 4 saturated carbocycles. The largest absolute Gasteiger partial charge is 0.496 e. The summed E-state index contributed by atoms with van der Waals surface area (Å²) in [5, 5.41) is 3.23. The molecule has 234 valence electrons. The number of aryl methyl sites for hydroxylation is 1. The molecule has 6 nitrogen and oxygen atoms in total. The van der Waals surface area contributed by atoms with Gasteiger partial charge in [-0.1, -0.05) is 20.3 Å². The number of halogens is 3. The summed E-state index contributed by atoms with van der Waals surface area (Å²) in [7, 11) is 3.30. The number of nitrogens with one attached hydrogen (secondary N) is 1. The Balaban J connectivity index is 1.32. The molecular weight excluding hydrogens is 545 g/mol. The van der Waals surface area contributed by atoms with Gasteiger partial charge in [0.15, 0.2) is 0 Å². The van der Waals surface area contributed by atoms with Gasteiger partial charge in [0, 0.05) is 19.6 Å². The van der Waals surface area contributed by atoms with Crippen LogP contribution < -0.4 is 14.8 Å². The quantitative estimate of drug-likeness (QED) is 0.333. The number of fused-ring (bicyclic) bond motifs is 2. The van der Waals surface area contributed by atoms with E-state index in [0.29, 0.717) is 36.4 Å². The summed E-state index contributed by atoms with van der Waals surface area (Å²) in [6.07, 6.45) is 2.62. The van der Waals surface area contributed by atoms with E-state index in [1.165, 1.54) is 13.5 Å². The Morgan fingerprint density at radius 3 is 2.29 bits per heavy atom. The molecule has 0 unspecified atom stereocenters. The third-order valence-corrected chi connectivity index (χ3v) is 11.4. The first-order valence-corrected chi connectivity index (χ1v) is 15.8. The van der Waals surface area contributed by atoms with Crippen LogP contribution >= 0.6 is 0 Å². The lowest BCUT2D eigenvalue weighted by molar-refractivity contribution is -0.239. The molecule has 5 rings (SSSR count). The van der Waals surface area contributed by atoms with Crippen LogP contribution in [-0.4, -0.2) is 55.7 Å². The minimum absolute atomic E-state index is 0.0359. The molecule has 0 aromatic heterocycles. The molecular formula is C33H47F3N2O4. The Labute approximate surface area is 248 Å². The van der Waals surface area contributed by atoms with Gasteiger partial charge in [-0.25, -0.2) is 0 Å². The number of rotatable bonds is 9. The van der Waals surface area contributed by atoms with E-state index >= 15 is 0 Å². The second-order valence-corrected chi connectivity index (χ2v) is 13.9. The first-order chi connectivity index (χ1) is 19.8. The summed E-state index contributed by atoms with van der Waals surface area (Å²) in [5.74, 6) is 1.06. The summed E-state index contributed by atoms with van der Waals surface area (Å²) in [6.45, 7) is 6.36. The standard InChI is InChI=1S/C33H47F3N2O4/c1-6-32(33(34,35)36)14-10-23(11-15-32)42-25-18-24(26(41-5)16-20(25)2)30(40)38(4)28-22-9-8-21(17-22)27(28)29(39)37-19-31(3)12-7-13-31/h16,18,21-23,27-28H,6-15,17,19H2,1-5H3,(H,37,39)/t21-,22+,23-,27+,28-,32-/m1/s1. The fraction of sp³-hybridized carbons (Fsp3) is 0.758. The minimum Gasteiger partial charge on any atom is -0.496 e. The van der Waals surface area contributed by atoms with Crippen LogP contribution in [0.3, 0.4) is 0 Å². The number of hydrogen-bond donors (Lipinski definition) is 1. The van der Waals surface area contributed by atoms with Crippen molar-refractivity contribution in [2.75, 3.05) is 20.7 Å². The fourth-order valence-electron chi connectivity index (χ4n) is 8.29. The van der Waals surface area contributed by atoms with Crippen molar-refractivity contribution in [1.82, 2.24) is 10.2 Å². The van der Waals surface area contributed by atoms with Crippen molar-refractivity contribution < 1.29 is 32.2 Å². The highest BCUT2D eigenvalue weighted by Gasteiger charge is 2.55. The van der Waals surface area contributed by atoms with E-state index in [9.17, 15) is 22.8 Å². The van der Waals surface area contributed by atoms with Gasteiger partial charge < -0.3 is 19.7 Å². The van der Waals surface area contributed by atoms with Crippen LogP contribution in [0.4, 0.5) is 13.2 Å². The van der Waals surface area contributed by atoms with Crippen LogP contribution in [0.1, 0.15) is 100 Å². The van der Waals surface area contributed by atoms with Crippen molar-refractivity contribution in [2.45, 2.75) is 110 Å². The second-order valence-electron chi connectivity index (χ2n) is 13.9. The van der Waals surface area contributed by atoms with Crippen molar-refractivity contribution in [3.63, 3.8) is 0 Å². The summed E-state index contributed by atoms with van der Waals surface area (Å²) < 4.78 is 53.2. The summed E-state index contributed by atoms with van der Waals surface area (Å²) in [4.78, 5) is 29.3. The molecule has 1 aromatic rings. The Morgan fingerprint density at radius 1 is 1.05 bits per heavy atom. The summed E-state index contributed by atoms with van der Waals surface area (Å²) >= 11 is 0. The maximum Gasteiger partial charge on any atom is 0.394 e. The van der Waals surface area contributed by atoms with Gasteiger partial charge >= 0.3 is 6.18 Å². The second kappa shape index (κ2) is 11.6. The number of ether oxygens (including phenoxy) is 2. The Hall–Kier alpha value is -2.45. The van der Waals surface area contributed by atoms with Crippen LogP contribution in [0, 0.1) is 35.5 Å². The zero-order valence-electron chi connectivity index (χ0n) is 25.7. The van der Waals surface area contributed by atoms with Crippen molar-refractivity contribution in [1.29, 1.82) is 0 Å². The van der Waals surface area contributed by atoms with Crippen molar-refractivity contribution in [2.24, 2.45) is 28.6 Å². The highest BCUT2D eigenvalue weighted by Crippen LogP contribution is 2.53. The molecule has 4 fully saturated rings. The molecule has 0 spiro atoms. The number of benzene rings is 1. The summed E-state index contributed by atoms with van der Waals surface area (Å²) in [5.41, 5.74) is -0.362. The third-order valence-electron chi connectivity index (χ3n) is 11.4. The molecule has 1 aromatic carbocycles. The van der Waals surface area contributed by atoms with Crippen LogP contribution in [0.25, 0.3) is 0 Å². The van der Waals surface area contributed by atoms with E-state index in [1.807, 2.05) is 6.92 Å². The molecule has 42 heavy (non-hydrogen) atoms. The van der Waals surface area contributed by atoms with E-state index in [-0.39, 0.29) is 66.4 Å². The fourth-order valence-corrected chi connectivity index (χ4v) is 8.29. The molecule has 1 N–H and O–H groups in total. The molecule has 0 aliphatic heterocycles. The zero-order chi connectivity index (χ0) is 30.4. The molecule has 0 saturated heterocycles. The number of alkyl halides is 3. The number of methoxy groups -OCH3 is 1. The molecule has 0 radical (unpaired) electrons. The maximum absolute atomic E-state index is 14.1. The molecule has 2 amide bonds. The van der Waals surface area contributed by atoms with Crippen LogP contribution in [0.2, 0.25) is 0 Å². The molecule has 2 bridgehead atoms. The number of carbonyl (C=O) groups excluding carboxylic acids is 2. The molecule has 4 atom stereocenters. The topological polar surface area (TPSA) is 67.9 Å². The van der Waals surface area contributed by atoms with Crippen LogP contribution in [0.15, 0.2) is 12.1 Å². The van der Waals surface area contributed by atoms with E-state index < -0.39 is 11.6 Å². The van der Waals surface area contributed by atoms with E-state index in [0.717, 1.165) is 37.7 Å². The van der Waals surface area contributed by atoms with Gasteiger partial charge in [-0.15, -0.1) is 0 Å². The highest BCUT2D eigenvalue weighted by atomic mass is 19.4. The average Bonchev–Trinajstić information content (AvgIpc) is 3.57. The van der Waals surface area contributed by atoms with Gasteiger partial charge in [0.1, 0.15) is 11.5 Å². The average molecular weight is 593 g/mol. The predicted octanol–water partition coefficient (Wildman–Crippen LogP) is 7.08. The Morgan fingerprint density at radius 2 is 1.71 bits per heavy atom. The van der Waals surface area contributed by atoms with E-state index in [4.69, 9.17) is 9.47 Å². The highest BCUT2D eigenvalue weighted by molar-refractivity contribution is 5.98. The number of carbonyl (C=O) groups is 2. The van der Waals surface area contributed by atoms with Gasteiger partial charge in [-0.2, -0.15) is 13.2 Å². The summed E-state index contributed by atoms with van der Waals surface area (Å²) in [6, 6.07) is 3.25. The van der Waals surface area contributed by atoms with Crippen molar-refractivity contribution >= 4 is 11.8 Å². The van der Waals surface area contributed by atoms with E-state index in [1.54, 1.807) is 31.0 Å². The monoisotopic (exact) mass is 592 g/mol. The van der Waals surface area contributed by atoms with Gasteiger partial charge in [0.25, 0.3) is 5.91 Å². The predicted molar refractivity (Wildman–Crippen MR) is 155 cm³/mol. The number of amides is 2. The van der Waals surface area contributed by atoms with Crippen LogP contribution in [0.5, 0.6) is 11.5 Å². The first-order valence-electron chi connectivity index (χ1n) is 15.8. The smallest absolute Gasteiger partial charge is 0.394 e. The third kappa shape index (κ3) is 5.61. The van der Waals surface area contributed by atoms with Gasteiger partial charge in [0.2, 0.25) is 5.91 Å². The molecule has 9 heteroatoms. The zero-order valence-corrected chi connectivity index (χ0v) is 25.7. The lowest BCUT2D eigenvalue weighted by Crippen LogP contribution is -2.52. The van der Waals surface area contributed by atoms with Crippen molar-refractivity contribution in [3.05, 3.63) is 23.3 Å². The van der Waals surface area contributed by atoms with Gasteiger partial charge in [-0.05, 0) is 106 Å². The van der Waals surface area contributed by atoms with Crippen LogP contribution in [-0.2, 0) is 4.79 Å². The first kappa shape index (κ1) is 31.0.